The molecule has 0 saturated heterocycles. The molecule has 116 valence electrons. The first-order chi connectivity index (χ1) is 9.69. The third-order valence-corrected chi connectivity index (χ3v) is 4.83. The lowest BCUT2D eigenvalue weighted by atomic mass is 10.2. The van der Waals surface area contributed by atoms with Crippen LogP contribution in [0.4, 0.5) is 0 Å². The molecule has 0 radical (unpaired) electrons. The Morgan fingerprint density at radius 1 is 1.29 bits per heavy atom. The highest BCUT2D eigenvalue weighted by Gasteiger charge is 2.26. The van der Waals surface area contributed by atoms with E-state index in [4.69, 9.17) is 28.3 Å². The molecule has 2 N–H and O–H groups in total. The van der Waals surface area contributed by atoms with Gasteiger partial charge in [-0.25, -0.2) is 13.2 Å². The first-order valence-electron chi connectivity index (χ1n) is 5.90. The number of amides is 1. The van der Waals surface area contributed by atoms with Crippen LogP contribution >= 0.6 is 23.2 Å². The Morgan fingerprint density at radius 3 is 2.43 bits per heavy atom. The third kappa shape index (κ3) is 4.59. The maximum Gasteiger partial charge on any atom is 0.337 e. The van der Waals surface area contributed by atoms with Crippen LogP contribution in [0.2, 0.25) is 10.0 Å². The van der Waals surface area contributed by atoms with Gasteiger partial charge < -0.3 is 10.4 Å². The number of carbonyl (C=O) groups excluding carboxylic acids is 1. The van der Waals surface area contributed by atoms with Crippen molar-refractivity contribution in [2.24, 2.45) is 0 Å². The van der Waals surface area contributed by atoms with E-state index in [9.17, 15) is 18.0 Å². The molecule has 0 unspecified atom stereocenters. The highest BCUT2D eigenvalue weighted by molar-refractivity contribution is 7.92. The van der Waals surface area contributed by atoms with Gasteiger partial charge in [0.25, 0.3) is 0 Å². The summed E-state index contributed by atoms with van der Waals surface area (Å²) >= 11 is 11.5. The maximum atomic E-state index is 12.2. The Morgan fingerprint density at radius 2 is 1.90 bits per heavy atom. The molecule has 0 aromatic heterocycles. The predicted octanol–water partition coefficient (Wildman–Crippen LogP) is 1.99. The molecule has 0 aliphatic heterocycles. The highest BCUT2D eigenvalue weighted by Crippen LogP contribution is 2.30. The van der Waals surface area contributed by atoms with Crippen molar-refractivity contribution in [3.05, 3.63) is 27.7 Å². The topological polar surface area (TPSA) is 101 Å². The van der Waals surface area contributed by atoms with Gasteiger partial charge in [0.15, 0.2) is 9.84 Å². The molecule has 21 heavy (non-hydrogen) atoms. The average Bonchev–Trinajstić information content (AvgIpc) is 2.37. The standard InChI is InChI=1S/C12H13Cl2NO5S/c1-2-3-15-10(16)6-21(19,20)9-5-7(13)4-8(11(9)14)12(17)18/h4-5H,2-3,6H2,1H3,(H,15,16)(H,17,18). The normalized spacial score (nSPS) is 11.2. The quantitative estimate of drug-likeness (QED) is 0.814. The number of benzene rings is 1. The molecule has 0 spiro atoms. The summed E-state index contributed by atoms with van der Waals surface area (Å²) in [7, 11) is -4.09. The molecule has 0 atom stereocenters. The number of carboxylic acid groups (broad SMARTS) is 1. The first-order valence-corrected chi connectivity index (χ1v) is 8.31. The van der Waals surface area contributed by atoms with Crippen LogP contribution < -0.4 is 5.32 Å². The largest absolute Gasteiger partial charge is 0.478 e. The lowest BCUT2D eigenvalue weighted by Crippen LogP contribution is -2.31. The Hall–Kier alpha value is -1.31. The number of nitrogens with one attached hydrogen (secondary N) is 1. The maximum absolute atomic E-state index is 12.2. The zero-order chi connectivity index (χ0) is 16.2. The van der Waals surface area contributed by atoms with E-state index in [1.54, 1.807) is 0 Å². The smallest absolute Gasteiger partial charge is 0.337 e. The van der Waals surface area contributed by atoms with Crippen molar-refractivity contribution in [3.8, 4) is 0 Å². The van der Waals surface area contributed by atoms with E-state index in [0.717, 1.165) is 12.1 Å². The molecule has 1 aromatic rings. The molecular formula is C12H13Cl2NO5S. The fraction of sp³-hybridized carbons (Fsp3) is 0.333. The van der Waals surface area contributed by atoms with Crippen molar-refractivity contribution in [2.45, 2.75) is 18.2 Å². The molecule has 9 heteroatoms. The van der Waals surface area contributed by atoms with Gasteiger partial charge in [0.05, 0.1) is 15.5 Å². The number of aromatic carboxylic acids is 1. The van der Waals surface area contributed by atoms with Crippen molar-refractivity contribution in [1.29, 1.82) is 0 Å². The van der Waals surface area contributed by atoms with Gasteiger partial charge in [-0.2, -0.15) is 0 Å². The second kappa shape index (κ2) is 7.11. The van der Waals surface area contributed by atoms with Crippen LogP contribution in [-0.4, -0.2) is 37.7 Å². The van der Waals surface area contributed by atoms with E-state index in [1.807, 2.05) is 6.92 Å². The number of halogens is 2. The van der Waals surface area contributed by atoms with Gasteiger partial charge in [0.2, 0.25) is 5.91 Å². The van der Waals surface area contributed by atoms with Crippen molar-refractivity contribution in [1.82, 2.24) is 5.32 Å². The molecule has 1 amide bonds. The summed E-state index contributed by atoms with van der Waals surface area (Å²) in [5, 5.41) is 10.8. The number of sulfone groups is 1. The summed E-state index contributed by atoms with van der Waals surface area (Å²) in [5.74, 6) is -2.93. The van der Waals surface area contributed by atoms with Crippen LogP contribution in [0.3, 0.4) is 0 Å². The molecule has 0 saturated carbocycles. The van der Waals surface area contributed by atoms with Gasteiger partial charge in [0.1, 0.15) is 5.75 Å². The van der Waals surface area contributed by atoms with Crippen LogP contribution in [0, 0.1) is 0 Å². The summed E-state index contributed by atoms with van der Waals surface area (Å²) < 4.78 is 24.3. The number of carboxylic acids is 1. The molecular weight excluding hydrogens is 341 g/mol. The van der Waals surface area contributed by atoms with Crippen LogP contribution in [0.25, 0.3) is 0 Å². The SMILES string of the molecule is CCCNC(=O)CS(=O)(=O)c1cc(Cl)cc(C(=O)O)c1Cl. The molecule has 0 aliphatic carbocycles. The molecule has 6 nitrogen and oxygen atoms in total. The van der Waals surface area contributed by atoms with Crippen LogP contribution in [0.15, 0.2) is 17.0 Å². The summed E-state index contributed by atoms with van der Waals surface area (Å²) in [6, 6.07) is 2.07. The van der Waals surface area contributed by atoms with Gasteiger partial charge >= 0.3 is 5.97 Å². The van der Waals surface area contributed by atoms with E-state index in [1.165, 1.54) is 0 Å². The molecule has 1 rings (SSSR count). The highest BCUT2D eigenvalue weighted by atomic mass is 35.5. The first kappa shape index (κ1) is 17.7. The Bertz CT molecular complexity index is 672. The Balaban J connectivity index is 3.20. The summed E-state index contributed by atoms with van der Waals surface area (Å²) in [4.78, 5) is 22.1. The monoisotopic (exact) mass is 353 g/mol. The van der Waals surface area contributed by atoms with Gasteiger partial charge in [-0.1, -0.05) is 30.1 Å². The zero-order valence-electron chi connectivity index (χ0n) is 11.0. The number of carbonyl (C=O) groups is 2. The zero-order valence-corrected chi connectivity index (χ0v) is 13.3. The van der Waals surface area contributed by atoms with Crippen LogP contribution in [0.1, 0.15) is 23.7 Å². The van der Waals surface area contributed by atoms with Crippen molar-refractivity contribution in [2.75, 3.05) is 12.3 Å². The van der Waals surface area contributed by atoms with Gasteiger partial charge in [-0.15, -0.1) is 0 Å². The van der Waals surface area contributed by atoms with Crippen molar-refractivity contribution in [3.63, 3.8) is 0 Å². The minimum Gasteiger partial charge on any atom is -0.478 e. The number of hydrogen-bond donors (Lipinski definition) is 2. The van der Waals surface area contributed by atoms with E-state index in [-0.39, 0.29) is 5.02 Å². The molecule has 0 heterocycles. The van der Waals surface area contributed by atoms with Crippen molar-refractivity contribution < 1.29 is 23.1 Å². The molecule has 0 fully saturated rings. The van der Waals surface area contributed by atoms with E-state index in [2.05, 4.69) is 5.32 Å². The molecule has 1 aromatic carbocycles. The van der Waals surface area contributed by atoms with E-state index in [0.29, 0.717) is 13.0 Å². The van der Waals surface area contributed by atoms with Gasteiger partial charge in [0, 0.05) is 11.6 Å². The van der Waals surface area contributed by atoms with Gasteiger partial charge in [-0.3, -0.25) is 4.79 Å². The van der Waals surface area contributed by atoms with Crippen LogP contribution in [-0.2, 0) is 14.6 Å². The van der Waals surface area contributed by atoms with E-state index < -0.39 is 42.9 Å². The van der Waals surface area contributed by atoms with Gasteiger partial charge in [-0.05, 0) is 18.6 Å². The number of hydrogen-bond acceptors (Lipinski definition) is 4. The second-order valence-corrected chi connectivity index (χ2v) is 6.95. The number of rotatable bonds is 6. The lowest BCUT2D eigenvalue weighted by Gasteiger charge is -2.09. The fourth-order valence-electron chi connectivity index (χ4n) is 1.51. The summed E-state index contributed by atoms with van der Waals surface area (Å²) in [5.41, 5.74) is -0.434. The average molecular weight is 354 g/mol. The Labute approximate surface area is 132 Å². The molecule has 0 bridgehead atoms. The predicted molar refractivity (Wildman–Crippen MR) is 78.8 cm³/mol. The molecule has 0 aliphatic rings. The summed E-state index contributed by atoms with van der Waals surface area (Å²) in [6.45, 7) is 2.17. The lowest BCUT2D eigenvalue weighted by molar-refractivity contribution is -0.118. The van der Waals surface area contributed by atoms with E-state index >= 15 is 0 Å². The van der Waals surface area contributed by atoms with Crippen molar-refractivity contribution >= 4 is 44.9 Å². The fourth-order valence-corrected chi connectivity index (χ4v) is 3.63. The Kier molecular flexibility index (Phi) is 6.00. The van der Waals surface area contributed by atoms with Crippen LogP contribution in [0.5, 0.6) is 0 Å². The third-order valence-electron chi connectivity index (χ3n) is 2.46. The summed E-state index contributed by atoms with van der Waals surface area (Å²) in [6.07, 6.45) is 0.660. The minimum absolute atomic E-state index is 0.0932. The second-order valence-electron chi connectivity index (χ2n) is 4.18. The minimum atomic E-state index is -4.09.